The van der Waals surface area contributed by atoms with Crippen LogP contribution in [0.5, 0.6) is 0 Å². The minimum atomic E-state index is -1.11. The fraction of sp³-hybridized carbons (Fsp3) is 0.724. The number of hydrogen-bond donors (Lipinski definition) is 4. The summed E-state index contributed by atoms with van der Waals surface area (Å²) < 4.78 is 24.0. The number of likely N-dealkylation sites (tertiary alicyclic amines) is 2. The molecule has 24 nitrogen and oxygen atoms in total. The largest absolute Gasteiger partial charge is 0.481 e. The lowest BCUT2D eigenvalue weighted by molar-refractivity contribution is -0.149. The second-order valence-electron chi connectivity index (χ2n) is 33.4. The molecule has 0 saturated carbocycles. The van der Waals surface area contributed by atoms with Crippen molar-refractivity contribution in [3.8, 4) is 0 Å². The second-order valence-corrected chi connectivity index (χ2v) is 33.4. The number of rotatable bonds is 47. The van der Waals surface area contributed by atoms with Crippen LogP contribution in [0.25, 0.3) is 0 Å². The van der Waals surface area contributed by atoms with Crippen molar-refractivity contribution >= 4 is 58.9 Å². The maximum atomic E-state index is 14.3. The predicted molar refractivity (Wildman–Crippen MR) is 435 cm³/mol. The first-order chi connectivity index (χ1) is 52.2. The zero-order valence-corrected chi connectivity index (χ0v) is 72.1. The number of ether oxygens (including phenoxy) is 4. The Morgan fingerprint density at radius 3 is 1.19 bits per heavy atom. The third kappa shape index (κ3) is 29.1. The van der Waals surface area contributed by atoms with E-state index in [2.05, 4.69) is 31.4 Å². The summed E-state index contributed by atoms with van der Waals surface area (Å²) in [5, 5.41) is 25.0. The Morgan fingerprint density at radius 2 is 0.874 bits per heavy atom. The van der Waals surface area contributed by atoms with E-state index in [0.29, 0.717) is 38.8 Å². The van der Waals surface area contributed by atoms with Gasteiger partial charge in [0.25, 0.3) is 0 Å². The van der Waals surface area contributed by atoms with Crippen LogP contribution in [0.1, 0.15) is 186 Å². The molecule has 2 aromatic carbocycles. The average Bonchev–Trinajstić information content (AvgIpc) is 1.73. The van der Waals surface area contributed by atoms with Gasteiger partial charge in [-0.2, -0.15) is 0 Å². The molecule has 2 saturated heterocycles. The van der Waals surface area contributed by atoms with Crippen LogP contribution in [0.4, 0.5) is 0 Å². The van der Waals surface area contributed by atoms with E-state index in [-0.39, 0.29) is 139 Å². The van der Waals surface area contributed by atoms with Gasteiger partial charge in [0.2, 0.25) is 35.4 Å². The molecule has 2 heterocycles. The van der Waals surface area contributed by atoms with Gasteiger partial charge in [0.15, 0.2) is 11.6 Å². The zero-order valence-electron chi connectivity index (χ0n) is 72.1. The van der Waals surface area contributed by atoms with Gasteiger partial charge in [0.05, 0.1) is 97.3 Å². The van der Waals surface area contributed by atoms with E-state index in [1.54, 1.807) is 75.8 Å². The van der Waals surface area contributed by atoms with Crippen molar-refractivity contribution in [3.05, 3.63) is 83.9 Å². The topological polar surface area (TPSA) is 292 Å². The summed E-state index contributed by atoms with van der Waals surface area (Å²) in [6.45, 7) is 30.4. The highest BCUT2D eigenvalue weighted by Crippen LogP contribution is 2.35. The highest BCUT2D eigenvalue weighted by atomic mass is 16.5. The summed E-state index contributed by atoms with van der Waals surface area (Å²) >= 11 is 0. The molecule has 2 fully saturated rings. The van der Waals surface area contributed by atoms with Gasteiger partial charge in [0, 0.05) is 92.4 Å². The molecule has 4 rings (SSSR count). The fourth-order valence-electron chi connectivity index (χ4n) is 17.0. The Balaban J connectivity index is 0.000000575. The molecule has 2 aromatic rings. The number of carbonyl (C=O) groups is 10. The standard InChI is InChI=1S/C44H74N4O8.C43H70N4O8/c1-14-29(6)40(47(11)43(52)34(27(2)3)25-36(49)39(28(4)5)46(9)10)37(55-12)26-38(50)48-22-18-21-35(48)41(56-13)31(8)42(51)45-33(23-30(7)44(53)54)24-32-19-16-15-17-20-32;1-13-29(6)40(46(10)43(53)33(27(2)3)25-35(48)39(28(4)5)45(8)9)36(54-11)26-37(49)47-23-17-20-34(47)41(55-12)30(7)42(52)44-32(21-22-38(50)51)24-31-18-15-14-16-19-31/h15-17,19-20,27-31,33-35,37,39-41H,14,18,21-26H2,1-13H3,(H,45,51)(H,53,54);14-16,18-19,21-22,27-30,32-34,36,39-41H,13,17,20,23-26H2,1-12H3,(H,44,52)(H,50,51)/b;22-21+/t29-,30-,31+,33+,34-,35-,37+,39-,40-,41+;29-,30+,32+,33-,34-,36+,39-,40-,41+/m00/s1. The lowest BCUT2D eigenvalue weighted by Gasteiger charge is -2.41. The number of carboxylic acid groups (broad SMARTS) is 2. The predicted octanol–water partition coefficient (Wildman–Crippen LogP) is 10.7. The van der Waals surface area contributed by atoms with Gasteiger partial charge in [-0.15, -0.1) is 0 Å². The SMILES string of the molecule is CC[C@H](C)[C@@H]([C@@H](CC(=O)N1CCC[C@H]1[C@H](OC)[C@@H](C)C(=O)N[C@@H](Cc1ccccc1)C[C@H](C)C(=O)O)OC)N(C)C(=O)[C@@H](CC(=O)[C@H](C(C)C)N(C)C)C(C)C.CC[C@H](C)[C@@H]([C@@H](CC(=O)N1CCC[C@H]1[C@H](OC)[C@@H](C)C(=O)N[C@H](/C=C/C(=O)O)Cc1ccccc1)OC)N(C)C(=O)[C@@H](CC(=O)[C@H](C(C)C)N(C)C)C(C)C. The number of benzene rings is 2. The van der Waals surface area contributed by atoms with Gasteiger partial charge >= 0.3 is 11.9 Å². The number of aliphatic carboxylic acids is 2. The molecule has 0 unspecified atom stereocenters. The van der Waals surface area contributed by atoms with Crippen molar-refractivity contribution in [1.29, 1.82) is 0 Å². The van der Waals surface area contributed by atoms with E-state index in [4.69, 9.17) is 18.9 Å². The minimum Gasteiger partial charge on any atom is -0.481 e. The van der Waals surface area contributed by atoms with Crippen molar-refractivity contribution in [2.45, 2.75) is 260 Å². The van der Waals surface area contributed by atoms with Gasteiger partial charge in [-0.05, 0) is 120 Å². The Bertz CT molecular complexity index is 3230. The number of nitrogens with one attached hydrogen (secondary N) is 2. The molecule has 0 radical (unpaired) electrons. The van der Waals surface area contributed by atoms with Crippen LogP contribution in [0, 0.1) is 65.1 Å². The van der Waals surface area contributed by atoms with Crippen molar-refractivity contribution in [1.82, 2.24) is 40.0 Å². The number of ketones is 2. The molecule has 4 N–H and O–H groups in total. The molecule has 628 valence electrons. The van der Waals surface area contributed by atoms with E-state index in [9.17, 15) is 58.2 Å². The summed E-state index contributed by atoms with van der Waals surface area (Å²) in [6.07, 6.45) is 5.82. The van der Waals surface area contributed by atoms with Gasteiger partial charge in [-0.1, -0.05) is 183 Å². The van der Waals surface area contributed by atoms with Crippen LogP contribution < -0.4 is 10.6 Å². The Labute approximate surface area is 665 Å². The third-order valence-electron chi connectivity index (χ3n) is 23.5. The van der Waals surface area contributed by atoms with E-state index in [1.165, 1.54) is 13.2 Å². The lowest BCUT2D eigenvalue weighted by Crippen LogP contribution is -2.54. The molecular formula is C87H144N8O16. The number of hydrogen-bond acceptors (Lipinski definition) is 16. The first-order valence-electron chi connectivity index (χ1n) is 40.6. The number of carbonyl (C=O) groups excluding carboxylic acids is 8. The number of likely N-dealkylation sites (N-methyl/N-ethyl adjacent to an activating group) is 4. The number of Topliss-reactive ketones (excluding diaryl/α,β-unsaturated/α-hetero) is 2. The molecule has 0 spiro atoms. The van der Waals surface area contributed by atoms with E-state index >= 15 is 0 Å². The van der Waals surface area contributed by atoms with Gasteiger partial charge in [-0.3, -0.25) is 53.0 Å². The van der Waals surface area contributed by atoms with Crippen molar-refractivity contribution < 1.29 is 77.1 Å². The molecule has 24 heteroatoms. The maximum Gasteiger partial charge on any atom is 0.328 e. The molecule has 19 atom stereocenters. The molecule has 2 aliphatic heterocycles. The molecule has 0 aromatic heterocycles. The Hall–Kier alpha value is -6.96. The summed E-state index contributed by atoms with van der Waals surface area (Å²) in [6, 6.07) is 16.0. The van der Waals surface area contributed by atoms with Gasteiger partial charge in [-0.25, -0.2) is 4.79 Å². The van der Waals surface area contributed by atoms with E-state index in [1.807, 2.05) is 161 Å². The summed E-state index contributed by atoms with van der Waals surface area (Å²) in [5.41, 5.74) is 1.94. The smallest absolute Gasteiger partial charge is 0.328 e. The van der Waals surface area contributed by atoms with Crippen LogP contribution in [0.2, 0.25) is 0 Å². The average molecular weight is 1560 g/mol. The van der Waals surface area contributed by atoms with Crippen LogP contribution >= 0.6 is 0 Å². The molecule has 6 amide bonds. The highest BCUT2D eigenvalue weighted by molar-refractivity contribution is 5.91. The Kier molecular flexibility index (Phi) is 42.7. The summed E-state index contributed by atoms with van der Waals surface area (Å²) in [4.78, 5) is 146. The Morgan fingerprint density at radius 1 is 0.505 bits per heavy atom. The van der Waals surface area contributed by atoms with Crippen LogP contribution in [-0.4, -0.2) is 255 Å². The van der Waals surface area contributed by atoms with Crippen molar-refractivity contribution in [3.63, 3.8) is 0 Å². The van der Waals surface area contributed by atoms with Gasteiger partial charge < -0.3 is 59.4 Å². The monoisotopic (exact) mass is 1560 g/mol. The van der Waals surface area contributed by atoms with E-state index < -0.39 is 90.1 Å². The molecule has 2 aliphatic rings. The zero-order chi connectivity index (χ0) is 84.0. The quantitative estimate of drug-likeness (QED) is 0.0448. The normalized spacial score (nSPS) is 19.3. The molecule has 0 bridgehead atoms. The maximum absolute atomic E-state index is 14.3. The fourth-order valence-corrected chi connectivity index (χ4v) is 17.0. The highest BCUT2D eigenvalue weighted by Gasteiger charge is 2.47. The van der Waals surface area contributed by atoms with Crippen LogP contribution in [0.15, 0.2) is 72.8 Å². The minimum absolute atomic E-state index is 0.00658. The second kappa shape index (κ2) is 48.3. The summed E-state index contributed by atoms with van der Waals surface area (Å²) in [5.74, 6) is -6.02. The lowest BCUT2D eigenvalue weighted by atomic mass is 9.83. The molecule has 111 heavy (non-hydrogen) atoms. The number of amides is 6. The van der Waals surface area contributed by atoms with E-state index in [0.717, 1.165) is 42.9 Å². The first kappa shape index (κ1) is 98.2. The molecule has 0 aliphatic carbocycles. The van der Waals surface area contributed by atoms with Crippen molar-refractivity contribution in [2.24, 2.45) is 65.1 Å². The van der Waals surface area contributed by atoms with Crippen molar-refractivity contribution in [2.75, 3.05) is 83.8 Å². The van der Waals surface area contributed by atoms with Crippen LogP contribution in [-0.2, 0) is 79.7 Å². The number of methoxy groups -OCH3 is 4. The summed E-state index contributed by atoms with van der Waals surface area (Å²) in [7, 11) is 17.3. The third-order valence-corrected chi connectivity index (χ3v) is 23.5. The number of carboxylic acids is 2. The molecular weight excluding hydrogens is 1410 g/mol. The number of nitrogens with zero attached hydrogens (tertiary/aromatic N) is 6. The van der Waals surface area contributed by atoms with Crippen LogP contribution in [0.3, 0.4) is 0 Å². The van der Waals surface area contributed by atoms with Gasteiger partial charge in [0.1, 0.15) is 0 Å². The first-order valence-corrected chi connectivity index (χ1v) is 40.6.